The quantitative estimate of drug-likeness (QED) is 0.787. The molecule has 3 rings (SSSR count). The number of aliphatic hydroxyl groups is 2. The van der Waals surface area contributed by atoms with Gasteiger partial charge in [-0.25, -0.2) is 4.79 Å². The summed E-state index contributed by atoms with van der Waals surface area (Å²) >= 11 is 0. The lowest BCUT2D eigenvalue weighted by Crippen LogP contribution is -2.10. The molecule has 22 heavy (non-hydrogen) atoms. The normalized spacial score (nSPS) is 15.5. The van der Waals surface area contributed by atoms with Crippen LogP contribution in [0.5, 0.6) is 0 Å². The van der Waals surface area contributed by atoms with Crippen molar-refractivity contribution in [3.05, 3.63) is 64.5 Å². The summed E-state index contributed by atoms with van der Waals surface area (Å²) in [7, 11) is 0. The molecule has 0 spiro atoms. The van der Waals surface area contributed by atoms with E-state index in [2.05, 4.69) is 4.98 Å². The SMILES string of the molecule is O=C(O)c1cccc(C(O)c2c(C3CC3)ccnc2CO)c1. The number of hydrogen-bond donors (Lipinski definition) is 3. The first-order chi connectivity index (χ1) is 10.6. The minimum atomic E-state index is -1.04. The predicted octanol–water partition coefficient (Wildman–Crippen LogP) is 2.23. The molecule has 1 heterocycles. The number of hydrogen-bond acceptors (Lipinski definition) is 4. The average Bonchev–Trinajstić information content (AvgIpc) is 3.38. The highest BCUT2D eigenvalue weighted by molar-refractivity contribution is 5.87. The van der Waals surface area contributed by atoms with Crippen molar-refractivity contribution >= 4 is 5.97 Å². The number of benzene rings is 1. The third kappa shape index (κ3) is 2.73. The molecule has 0 amide bonds. The number of nitrogens with zero attached hydrogens (tertiary/aromatic N) is 1. The van der Waals surface area contributed by atoms with E-state index >= 15 is 0 Å². The summed E-state index contributed by atoms with van der Waals surface area (Å²) in [5.74, 6) is -0.648. The fourth-order valence-corrected chi connectivity index (χ4v) is 2.73. The maximum absolute atomic E-state index is 11.1. The zero-order valence-corrected chi connectivity index (χ0v) is 11.9. The van der Waals surface area contributed by atoms with Crippen molar-refractivity contribution in [2.75, 3.05) is 0 Å². The highest BCUT2D eigenvalue weighted by atomic mass is 16.4. The zero-order valence-electron chi connectivity index (χ0n) is 11.9. The molecular formula is C17H17NO4. The van der Waals surface area contributed by atoms with Crippen LogP contribution in [0.2, 0.25) is 0 Å². The van der Waals surface area contributed by atoms with E-state index in [1.54, 1.807) is 18.3 Å². The molecule has 114 valence electrons. The first-order valence-corrected chi connectivity index (χ1v) is 7.21. The van der Waals surface area contributed by atoms with Crippen molar-refractivity contribution in [1.82, 2.24) is 4.98 Å². The van der Waals surface area contributed by atoms with Crippen LogP contribution in [0.1, 0.15) is 57.6 Å². The molecule has 2 aromatic rings. The van der Waals surface area contributed by atoms with Gasteiger partial charge in [0.25, 0.3) is 0 Å². The van der Waals surface area contributed by atoms with Gasteiger partial charge in [-0.05, 0) is 48.1 Å². The standard InChI is InChI=1S/C17H17NO4/c19-9-14-15(13(6-7-18-14)10-4-5-10)16(20)11-2-1-3-12(8-11)17(21)22/h1-3,6-8,10,16,19-20H,4-5,9H2,(H,21,22). The van der Waals surface area contributed by atoms with Gasteiger partial charge >= 0.3 is 5.97 Å². The molecule has 1 atom stereocenters. The number of aromatic carboxylic acids is 1. The molecule has 0 bridgehead atoms. The van der Waals surface area contributed by atoms with E-state index in [0.717, 1.165) is 18.4 Å². The van der Waals surface area contributed by atoms with Crippen LogP contribution in [0.4, 0.5) is 0 Å². The second kappa shape index (κ2) is 5.87. The summed E-state index contributed by atoms with van der Waals surface area (Å²) in [5, 5.41) is 29.3. The van der Waals surface area contributed by atoms with Crippen molar-refractivity contribution in [1.29, 1.82) is 0 Å². The lowest BCUT2D eigenvalue weighted by Gasteiger charge is -2.19. The van der Waals surface area contributed by atoms with Crippen LogP contribution >= 0.6 is 0 Å². The van der Waals surface area contributed by atoms with E-state index in [9.17, 15) is 15.0 Å². The highest BCUT2D eigenvalue weighted by Crippen LogP contribution is 2.44. The second-order valence-corrected chi connectivity index (χ2v) is 5.53. The number of rotatable bonds is 5. The molecule has 1 aliphatic rings. The summed E-state index contributed by atoms with van der Waals surface area (Å²) in [6.45, 7) is -0.258. The number of aromatic nitrogens is 1. The summed E-state index contributed by atoms with van der Waals surface area (Å²) in [6, 6.07) is 8.10. The monoisotopic (exact) mass is 299 g/mol. The lowest BCUT2D eigenvalue weighted by atomic mass is 9.92. The Balaban J connectivity index is 2.06. The maximum Gasteiger partial charge on any atom is 0.335 e. The molecular weight excluding hydrogens is 282 g/mol. The minimum absolute atomic E-state index is 0.124. The van der Waals surface area contributed by atoms with Gasteiger partial charge in [-0.1, -0.05) is 12.1 Å². The lowest BCUT2D eigenvalue weighted by molar-refractivity contribution is 0.0696. The molecule has 0 radical (unpaired) electrons. The van der Waals surface area contributed by atoms with Gasteiger partial charge in [0.05, 0.1) is 17.9 Å². The molecule has 1 unspecified atom stereocenters. The van der Waals surface area contributed by atoms with E-state index in [1.807, 2.05) is 6.07 Å². The molecule has 1 saturated carbocycles. The molecule has 3 N–H and O–H groups in total. The molecule has 1 aromatic heterocycles. The number of carboxylic acid groups (broad SMARTS) is 1. The second-order valence-electron chi connectivity index (χ2n) is 5.53. The van der Waals surface area contributed by atoms with Crippen molar-refractivity contribution in [3.63, 3.8) is 0 Å². The summed E-state index contributed by atoms with van der Waals surface area (Å²) in [6.07, 6.45) is 2.77. The number of pyridine rings is 1. The van der Waals surface area contributed by atoms with Crippen LogP contribution in [0.3, 0.4) is 0 Å². The highest BCUT2D eigenvalue weighted by Gasteiger charge is 2.30. The van der Waals surface area contributed by atoms with Gasteiger partial charge in [0.15, 0.2) is 0 Å². The molecule has 0 saturated heterocycles. The van der Waals surface area contributed by atoms with Gasteiger partial charge in [-0.15, -0.1) is 0 Å². The van der Waals surface area contributed by atoms with Gasteiger partial charge in [0, 0.05) is 11.8 Å². The fourth-order valence-electron chi connectivity index (χ4n) is 2.73. The average molecular weight is 299 g/mol. The van der Waals surface area contributed by atoms with Gasteiger partial charge in [0.1, 0.15) is 6.10 Å². The fraction of sp³-hybridized carbons (Fsp3) is 0.294. The first-order valence-electron chi connectivity index (χ1n) is 7.21. The Morgan fingerprint density at radius 3 is 2.73 bits per heavy atom. The van der Waals surface area contributed by atoms with Crippen LogP contribution in [-0.2, 0) is 6.61 Å². The third-order valence-corrected chi connectivity index (χ3v) is 4.00. The van der Waals surface area contributed by atoms with Gasteiger partial charge in [-0.3, -0.25) is 4.98 Å². The Morgan fingerprint density at radius 1 is 1.32 bits per heavy atom. The van der Waals surface area contributed by atoms with E-state index in [1.165, 1.54) is 12.1 Å². The smallest absolute Gasteiger partial charge is 0.335 e. The molecule has 5 nitrogen and oxygen atoms in total. The van der Waals surface area contributed by atoms with Gasteiger partial charge < -0.3 is 15.3 Å². The third-order valence-electron chi connectivity index (χ3n) is 4.00. The van der Waals surface area contributed by atoms with Gasteiger partial charge in [0.2, 0.25) is 0 Å². The van der Waals surface area contributed by atoms with Crippen molar-refractivity contribution < 1.29 is 20.1 Å². The first kappa shape index (κ1) is 14.7. The number of aliphatic hydroxyl groups excluding tert-OH is 2. The van der Waals surface area contributed by atoms with E-state index in [-0.39, 0.29) is 12.2 Å². The number of carboxylic acids is 1. The molecule has 1 fully saturated rings. The Hall–Kier alpha value is -2.24. The van der Waals surface area contributed by atoms with Crippen molar-refractivity contribution in [2.24, 2.45) is 0 Å². The predicted molar refractivity (Wildman–Crippen MR) is 79.6 cm³/mol. The molecule has 1 aromatic carbocycles. The van der Waals surface area contributed by atoms with Gasteiger partial charge in [-0.2, -0.15) is 0 Å². The van der Waals surface area contributed by atoms with Crippen LogP contribution < -0.4 is 0 Å². The van der Waals surface area contributed by atoms with Crippen LogP contribution in [-0.4, -0.2) is 26.3 Å². The van der Waals surface area contributed by atoms with Crippen molar-refractivity contribution in [3.8, 4) is 0 Å². The largest absolute Gasteiger partial charge is 0.478 e. The topological polar surface area (TPSA) is 90.7 Å². The minimum Gasteiger partial charge on any atom is -0.478 e. The Morgan fingerprint density at radius 2 is 2.09 bits per heavy atom. The Bertz CT molecular complexity index is 710. The maximum atomic E-state index is 11.1. The Labute approximate surface area is 127 Å². The van der Waals surface area contributed by atoms with Crippen LogP contribution in [0.25, 0.3) is 0 Å². The van der Waals surface area contributed by atoms with Crippen LogP contribution in [0.15, 0.2) is 36.5 Å². The summed E-state index contributed by atoms with van der Waals surface area (Å²) in [4.78, 5) is 15.2. The van der Waals surface area contributed by atoms with Crippen molar-refractivity contribution in [2.45, 2.75) is 31.5 Å². The molecule has 1 aliphatic carbocycles. The summed E-state index contributed by atoms with van der Waals surface area (Å²) < 4.78 is 0. The van der Waals surface area contributed by atoms with Crippen LogP contribution in [0, 0.1) is 0 Å². The molecule has 0 aliphatic heterocycles. The van der Waals surface area contributed by atoms with E-state index in [4.69, 9.17) is 5.11 Å². The molecule has 5 heteroatoms. The van der Waals surface area contributed by atoms with E-state index < -0.39 is 12.1 Å². The van der Waals surface area contributed by atoms with E-state index in [0.29, 0.717) is 22.7 Å². The number of carbonyl (C=O) groups is 1. The zero-order chi connectivity index (χ0) is 15.7. The Kier molecular flexibility index (Phi) is 3.92. The summed E-state index contributed by atoms with van der Waals surface area (Å²) in [5.41, 5.74) is 2.66.